The highest BCUT2D eigenvalue weighted by Gasteiger charge is 2.73. The molecule has 0 bridgehead atoms. The molecule has 1 aliphatic carbocycles. The summed E-state index contributed by atoms with van der Waals surface area (Å²) in [5.74, 6) is -5.52. The third-order valence-electron chi connectivity index (χ3n) is 6.72. The molecule has 0 aromatic heterocycles. The highest BCUT2D eigenvalue weighted by Crippen LogP contribution is 2.61. The van der Waals surface area contributed by atoms with Gasteiger partial charge in [-0.05, 0) is 27.7 Å². The fourth-order valence-corrected chi connectivity index (χ4v) is 5.63. The molecule has 6 atom stereocenters. The van der Waals surface area contributed by atoms with Crippen molar-refractivity contribution in [2.45, 2.75) is 76.7 Å². The number of ether oxygens (including phenoxy) is 7. The van der Waals surface area contributed by atoms with Gasteiger partial charge in [0, 0.05) is 24.2 Å². The lowest BCUT2D eigenvalue weighted by molar-refractivity contribution is -0.242. The molecule has 4 fully saturated rings. The van der Waals surface area contributed by atoms with Crippen molar-refractivity contribution in [3.05, 3.63) is 0 Å². The molecular formula is C21H30O10. The minimum Gasteiger partial charge on any atom is -0.468 e. The van der Waals surface area contributed by atoms with E-state index in [1.54, 1.807) is 27.7 Å². The summed E-state index contributed by atoms with van der Waals surface area (Å²) >= 11 is 0. The zero-order valence-corrected chi connectivity index (χ0v) is 18.7. The van der Waals surface area contributed by atoms with Crippen LogP contribution in [0.3, 0.4) is 0 Å². The summed E-state index contributed by atoms with van der Waals surface area (Å²) in [6.07, 6.45) is -2.68. The fraction of sp³-hybridized carbons (Fsp3) is 0.857. The lowest BCUT2D eigenvalue weighted by Crippen LogP contribution is -2.54. The first-order chi connectivity index (χ1) is 14.4. The first kappa shape index (κ1) is 22.6. The molecular weight excluding hydrogens is 412 g/mol. The van der Waals surface area contributed by atoms with E-state index in [4.69, 9.17) is 33.2 Å². The van der Waals surface area contributed by atoms with Crippen LogP contribution in [0.2, 0.25) is 0 Å². The Morgan fingerprint density at radius 3 is 2.16 bits per heavy atom. The van der Waals surface area contributed by atoms with Gasteiger partial charge in [-0.1, -0.05) is 0 Å². The predicted molar refractivity (Wildman–Crippen MR) is 101 cm³/mol. The van der Waals surface area contributed by atoms with E-state index in [-0.39, 0.29) is 25.2 Å². The summed E-state index contributed by atoms with van der Waals surface area (Å²) in [5, 5.41) is 0. The van der Waals surface area contributed by atoms with Crippen LogP contribution in [0.4, 0.5) is 0 Å². The molecule has 0 amide bonds. The van der Waals surface area contributed by atoms with Crippen LogP contribution in [0.5, 0.6) is 0 Å². The molecule has 0 N–H and O–H groups in total. The Balaban J connectivity index is 1.80. The number of fused-ring (bicyclic) bond motifs is 2. The van der Waals surface area contributed by atoms with E-state index in [0.717, 1.165) is 0 Å². The smallest absolute Gasteiger partial charge is 0.320 e. The third-order valence-corrected chi connectivity index (χ3v) is 6.72. The molecule has 31 heavy (non-hydrogen) atoms. The molecule has 0 radical (unpaired) electrons. The van der Waals surface area contributed by atoms with E-state index in [9.17, 15) is 14.4 Å². The van der Waals surface area contributed by atoms with Crippen LogP contribution in [-0.2, 0) is 47.5 Å². The van der Waals surface area contributed by atoms with Gasteiger partial charge in [-0.25, -0.2) is 0 Å². The number of carbonyl (C=O) groups excluding carboxylic acids is 3. The number of methoxy groups -OCH3 is 2. The average Bonchev–Trinajstić information content (AvgIpc) is 3.38. The Bertz CT molecular complexity index is 760. The van der Waals surface area contributed by atoms with E-state index in [1.807, 2.05) is 0 Å². The predicted octanol–water partition coefficient (Wildman–Crippen LogP) is 0.942. The van der Waals surface area contributed by atoms with Gasteiger partial charge in [0.1, 0.15) is 18.0 Å². The summed E-state index contributed by atoms with van der Waals surface area (Å²) in [5.41, 5.74) is -1.06. The number of esters is 2. The van der Waals surface area contributed by atoms with E-state index >= 15 is 0 Å². The zero-order chi connectivity index (χ0) is 22.8. The molecule has 4 rings (SSSR count). The van der Waals surface area contributed by atoms with Gasteiger partial charge in [-0.3, -0.25) is 14.4 Å². The van der Waals surface area contributed by atoms with Gasteiger partial charge in [-0.2, -0.15) is 0 Å². The molecule has 1 spiro atoms. The third kappa shape index (κ3) is 3.58. The summed E-state index contributed by atoms with van der Waals surface area (Å²) in [4.78, 5) is 38.2. The Kier molecular flexibility index (Phi) is 5.45. The first-order valence-corrected chi connectivity index (χ1v) is 10.4. The molecule has 0 unspecified atom stereocenters. The fourth-order valence-electron chi connectivity index (χ4n) is 5.63. The molecule has 1 saturated carbocycles. The minimum atomic E-state index is -1.31. The van der Waals surface area contributed by atoms with Gasteiger partial charge >= 0.3 is 11.9 Å². The van der Waals surface area contributed by atoms with Gasteiger partial charge in [0.05, 0.1) is 26.9 Å². The molecule has 0 aromatic rings. The summed E-state index contributed by atoms with van der Waals surface area (Å²) in [6, 6.07) is 0. The molecule has 3 heterocycles. The summed E-state index contributed by atoms with van der Waals surface area (Å²) in [7, 11) is 2.39. The topological polar surface area (TPSA) is 116 Å². The van der Waals surface area contributed by atoms with Crippen molar-refractivity contribution >= 4 is 17.7 Å². The van der Waals surface area contributed by atoms with Crippen LogP contribution < -0.4 is 0 Å². The second-order valence-electron chi connectivity index (χ2n) is 9.51. The van der Waals surface area contributed by atoms with E-state index in [0.29, 0.717) is 0 Å². The second kappa shape index (κ2) is 7.48. The van der Waals surface area contributed by atoms with E-state index in [2.05, 4.69) is 0 Å². The maximum absolute atomic E-state index is 12.9. The van der Waals surface area contributed by atoms with Crippen LogP contribution in [0.1, 0.15) is 40.5 Å². The molecule has 10 nitrogen and oxygen atoms in total. The van der Waals surface area contributed by atoms with Crippen LogP contribution in [0.15, 0.2) is 0 Å². The largest absolute Gasteiger partial charge is 0.468 e. The Morgan fingerprint density at radius 1 is 0.968 bits per heavy atom. The average molecular weight is 442 g/mol. The molecule has 174 valence electrons. The van der Waals surface area contributed by atoms with Crippen molar-refractivity contribution in [3.63, 3.8) is 0 Å². The normalized spacial score (nSPS) is 40.5. The van der Waals surface area contributed by atoms with Crippen molar-refractivity contribution in [2.75, 3.05) is 20.8 Å². The molecule has 10 heteroatoms. The highest BCUT2D eigenvalue weighted by atomic mass is 16.8. The van der Waals surface area contributed by atoms with Crippen LogP contribution >= 0.6 is 0 Å². The number of hydrogen-bond acceptors (Lipinski definition) is 10. The van der Waals surface area contributed by atoms with Crippen molar-refractivity contribution in [3.8, 4) is 0 Å². The maximum Gasteiger partial charge on any atom is 0.320 e. The first-order valence-electron chi connectivity index (χ1n) is 10.4. The number of carbonyl (C=O) groups is 3. The summed E-state index contributed by atoms with van der Waals surface area (Å²) < 4.78 is 40.1. The minimum absolute atomic E-state index is 0.0152. The van der Waals surface area contributed by atoms with Gasteiger partial charge in [0.25, 0.3) is 0 Å². The Morgan fingerprint density at radius 2 is 1.61 bits per heavy atom. The molecule has 0 aromatic carbocycles. The quantitative estimate of drug-likeness (QED) is 0.460. The second-order valence-corrected chi connectivity index (χ2v) is 9.51. The molecule has 3 aliphatic heterocycles. The Labute approximate surface area is 180 Å². The van der Waals surface area contributed by atoms with Gasteiger partial charge < -0.3 is 33.2 Å². The van der Waals surface area contributed by atoms with Gasteiger partial charge in [-0.15, -0.1) is 0 Å². The van der Waals surface area contributed by atoms with Crippen LogP contribution in [0.25, 0.3) is 0 Å². The standard InChI is InChI=1S/C21H30O10/c1-19(2)27-9-12(29-19)14-21(15-18(28-14)31-20(3,4)30-15)8-10(22)7-11(21)13(16(23)25-5)17(24)26-6/h11-15,18H,7-9H2,1-6H3/t11-,12-,14-,15+,18-,21-/m1/s1. The Hall–Kier alpha value is -1.59. The summed E-state index contributed by atoms with van der Waals surface area (Å²) in [6.45, 7) is 7.30. The van der Waals surface area contributed by atoms with E-state index in [1.165, 1.54) is 14.2 Å². The number of ketones is 1. The highest BCUT2D eigenvalue weighted by molar-refractivity contribution is 5.97. The van der Waals surface area contributed by atoms with Gasteiger partial charge in [0.15, 0.2) is 23.8 Å². The van der Waals surface area contributed by atoms with Crippen molar-refractivity contribution in [1.29, 1.82) is 0 Å². The van der Waals surface area contributed by atoms with Crippen LogP contribution in [0, 0.1) is 17.3 Å². The van der Waals surface area contributed by atoms with Crippen molar-refractivity contribution in [2.24, 2.45) is 17.3 Å². The monoisotopic (exact) mass is 442 g/mol. The number of rotatable bonds is 4. The number of Topliss-reactive ketones (excluding diaryl/α,β-unsaturated/α-hetero) is 1. The lowest BCUT2D eigenvalue weighted by atomic mass is 9.64. The van der Waals surface area contributed by atoms with Crippen molar-refractivity contribution < 1.29 is 47.5 Å². The lowest BCUT2D eigenvalue weighted by Gasteiger charge is -2.42. The van der Waals surface area contributed by atoms with Crippen LogP contribution in [-0.4, -0.2) is 74.7 Å². The zero-order valence-electron chi connectivity index (χ0n) is 18.7. The number of hydrogen-bond donors (Lipinski definition) is 0. The van der Waals surface area contributed by atoms with E-state index < -0.39 is 65.4 Å². The SMILES string of the molecule is COC(=O)C(C(=O)OC)[C@H]1CC(=O)C[C@]12[C@@H]([C@H]1COC(C)(C)O1)O[C@@H]1OC(C)(C)O[C@@H]12. The van der Waals surface area contributed by atoms with Crippen molar-refractivity contribution in [1.82, 2.24) is 0 Å². The van der Waals surface area contributed by atoms with Gasteiger partial charge in [0.2, 0.25) is 0 Å². The molecule has 4 aliphatic rings. The molecule has 3 saturated heterocycles. The maximum atomic E-state index is 12.9.